The van der Waals surface area contributed by atoms with E-state index in [1.165, 1.54) is 27.7 Å². The SMILES string of the molecule is CC[C@H](C)[C@H](NC(=O)[C@H](CCCCN)NC(=O)[C@H](C)NC(=O)[C@H](CO)NC(=O)[C@H](CC(N)=O)NC(=O)[C@@H](N)Cc1c[nH]c2ccccc12)C(=O)N[C@@H](CC(=O)O)C(=O)N[C@@H](CC(N)=O)C(=O)N[C@@H](CC(C)C)C(=O)N[C@@H](CC(=O)O)C(=O)N[C@H](C(=O)O)C(C)C. The molecule has 0 fully saturated rings. The van der Waals surface area contributed by atoms with Gasteiger partial charge >= 0.3 is 17.9 Å². The van der Waals surface area contributed by atoms with Crippen molar-refractivity contribution in [2.24, 2.45) is 40.7 Å². The number of fused-ring (bicyclic) bond motifs is 1. The number of benzene rings is 1. The molecule has 1 heterocycles. The van der Waals surface area contributed by atoms with Gasteiger partial charge in [0.1, 0.15) is 60.4 Å². The normalized spacial score (nSPS) is 15.2. The molecule has 34 nitrogen and oxygen atoms in total. The molecule has 34 heteroatoms. The van der Waals surface area contributed by atoms with Crippen LogP contribution < -0.4 is 76.1 Å². The first-order chi connectivity index (χ1) is 42.1. The molecule has 0 saturated heterocycles. The molecule has 12 atom stereocenters. The van der Waals surface area contributed by atoms with Crippen LogP contribution in [0.25, 0.3) is 10.9 Å². The lowest BCUT2D eigenvalue weighted by atomic mass is 9.96. The Kier molecular flexibility index (Phi) is 32.0. The number of aliphatic hydroxyl groups is 1. The van der Waals surface area contributed by atoms with Gasteiger partial charge in [-0.15, -0.1) is 0 Å². The van der Waals surface area contributed by atoms with Crippen LogP contribution in [0.15, 0.2) is 30.5 Å². The van der Waals surface area contributed by atoms with Gasteiger partial charge in [0, 0.05) is 17.1 Å². The molecule has 23 N–H and O–H groups in total. The second kappa shape index (κ2) is 37.5. The van der Waals surface area contributed by atoms with E-state index in [2.05, 4.69) is 58.2 Å². The van der Waals surface area contributed by atoms with Crippen molar-refractivity contribution in [2.45, 2.75) is 179 Å². The zero-order valence-corrected chi connectivity index (χ0v) is 51.2. The molecule has 0 saturated carbocycles. The van der Waals surface area contributed by atoms with E-state index in [4.69, 9.17) is 22.9 Å². The minimum Gasteiger partial charge on any atom is -0.481 e. The highest BCUT2D eigenvalue weighted by atomic mass is 16.4. The number of hydrogen-bond donors (Lipinski definition) is 19. The Morgan fingerprint density at radius 2 is 0.944 bits per heavy atom. The van der Waals surface area contributed by atoms with E-state index in [1.54, 1.807) is 39.1 Å². The second-order valence-electron chi connectivity index (χ2n) is 22.4. The number of carboxylic acids is 3. The zero-order chi connectivity index (χ0) is 68.3. The summed E-state index contributed by atoms with van der Waals surface area (Å²) in [6, 6.07) is -11.1. The predicted octanol–water partition coefficient (Wildman–Crippen LogP) is -5.44. The fourth-order valence-corrected chi connectivity index (χ4v) is 8.91. The molecule has 2 rings (SSSR count). The van der Waals surface area contributed by atoms with Gasteiger partial charge in [-0.05, 0) is 75.0 Å². The van der Waals surface area contributed by atoms with Crippen molar-refractivity contribution in [1.82, 2.24) is 58.2 Å². The van der Waals surface area contributed by atoms with Gasteiger partial charge in [-0.1, -0.05) is 66.2 Å². The Bertz CT molecular complexity index is 2900. The third kappa shape index (κ3) is 25.8. The van der Waals surface area contributed by atoms with Crippen molar-refractivity contribution in [3.63, 3.8) is 0 Å². The van der Waals surface area contributed by atoms with Crippen LogP contribution in [0.5, 0.6) is 0 Å². The van der Waals surface area contributed by atoms with Crippen LogP contribution in [-0.4, -0.2) is 194 Å². The summed E-state index contributed by atoms with van der Waals surface area (Å²) in [5, 5.41) is 62.8. The molecule has 90 heavy (non-hydrogen) atoms. The summed E-state index contributed by atoms with van der Waals surface area (Å²) < 4.78 is 0. The summed E-state index contributed by atoms with van der Waals surface area (Å²) in [7, 11) is 0. The Labute approximate surface area is 517 Å². The van der Waals surface area contributed by atoms with Gasteiger partial charge in [-0.2, -0.15) is 0 Å². The van der Waals surface area contributed by atoms with E-state index in [0.717, 1.165) is 10.9 Å². The third-order valence-corrected chi connectivity index (χ3v) is 14.1. The molecule has 0 unspecified atom stereocenters. The number of aromatic amines is 1. The fourth-order valence-electron chi connectivity index (χ4n) is 8.91. The number of primary amides is 2. The summed E-state index contributed by atoms with van der Waals surface area (Å²) in [5.41, 5.74) is 24.1. The number of aliphatic carboxylic acids is 3. The first-order valence-corrected chi connectivity index (χ1v) is 29.0. The number of nitrogens with two attached hydrogens (primary N) is 4. The molecule has 0 aliphatic heterocycles. The Balaban J connectivity index is 2.32. The summed E-state index contributed by atoms with van der Waals surface area (Å²) in [6.45, 7) is 9.53. The van der Waals surface area contributed by atoms with E-state index in [-0.39, 0.29) is 38.6 Å². The van der Waals surface area contributed by atoms with Crippen LogP contribution in [-0.2, 0) is 78.3 Å². The number of para-hydroxylation sites is 1. The van der Waals surface area contributed by atoms with Crippen LogP contribution in [0.3, 0.4) is 0 Å². The molecule has 0 radical (unpaired) electrons. The molecule has 1 aromatic carbocycles. The number of rotatable bonds is 41. The van der Waals surface area contributed by atoms with Gasteiger partial charge in [0.15, 0.2) is 0 Å². The number of amides is 12. The maximum absolute atomic E-state index is 14.2. The van der Waals surface area contributed by atoms with Gasteiger partial charge in [-0.25, -0.2) is 4.79 Å². The number of carboxylic acid groups (broad SMARTS) is 3. The van der Waals surface area contributed by atoms with Crippen molar-refractivity contribution in [3.8, 4) is 0 Å². The first kappa shape index (κ1) is 76.8. The predicted molar refractivity (Wildman–Crippen MR) is 318 cm³/mol. The second-order valence-corrected chi connectivity index (χ2v) is 22.4. The number of carbonyl (C=O) groups is 15. The van der Waals surface area contributed by atoms with Crippen LogP contribution >= 0.6 is 0 Å². The molecule has 0 spiro atoms. The quantitative estimate of drug-likeness (QED) is 0.0276. The Morgan fingerprint density at radius 1 is 0.511 bits per heavy atom. The summed E-state index contributed by atoms with van der Waals surface area (Å²) in [4.78, 5) is 200. The van der Waals surface area contributed by atoms with Crippen molar-refractivity contribution < 1.29 is 92.3 Å². The van der Waals surface area contributed by atoms with Crippen LogP contribution in [0, 0.1) is 17.8 Å². The Hall–Kier alpha value is -9.31. The summed E-state index contributed by atoms with van der Waals surface area (Å²) >= 11 is 0. The molecule has 0 aliphatic rings. The van der Waals surface area contributed by atoms with E-state index in [1.807, 2.05) is 12.1 Å². The number of H-pyrrole nitrogens is 1. The van der Waals surface area contributed by atoms with E-state index >= 15 is 0 Å². The number of aromatic nitrogens is 1. The molecule has 0 bridgehead atoms. The van der Waals surface area contributed by atoms with Crippen molar-refractivity contribution >= 4 is 99.7 Å². The number of carbonyl (C=O) groups excluding carboxylic acids is 12. The first-order valence-electron chi connectivity index (χ1n) is 29.0. The molecule has 12 amide bonds. The average molecular weight is 1270 g/mol. The fraction of sp³-hybridized carbons (Fsp3) is 0.589. The maximum Gasteiger partial charge on any atom is 0.326 e. The maximum atomic E-state index is 14.2. The van der Waals surface area contributed by atoms with Gasteiger partial charge < -0.3 is 102 Å². The van der Waals surface area contributed by atoms with Crippen molar-refractivity contribution in [3.05, 3.63) is 36.0 Å². The largest absolute Gasteiger partial charge is 0.481 e. The lowest BCUT2D eigenvalue weighted by Crippen LogP contribution is -2.62. The Morgan fingerprint density at radius 3 is 1.42 bits per heavy atom. The highest BCUT2D eigenvalue weighted by molar-refractivity contribution is 6.01. The third-order valence-electron chi connectivity index (χ3n) is 14.1. The lowest BCUT2D eigenvalue weighted by Gasteiger charge is -2.29. The monoisotopic (exact) mass is 1270 g/mol. The van der Waals surface area contributed by atoms with Crippen LogP contribution in [0.1, 0.15) is 112 Å². The minimum atomic E-state index is -2.06. The van der Waals surface area contributed by atoms with Crippen molar-refractivity contribution in [2.75, 3.05) is 13.2 Å². The van der Waals surface area contributed by atoms with Gasteiger partial charge in [0.25, 0.3) is 0 Å². The van der Waals surface area contributed by atoms with Crippen LogP contribution in [0.2, 0.25) is 0 Å². The highest BCUT2D eigenvalue weighted by Gasteiger charge is 2.38. The molecular weight excluding hydrogens is 1190 g/mol. The average Bonchev–Trinajstić information content (AvgIpc) is 3.71. The molecule has 2 aromatic rings. The van der Waals surface area contributed by atoms with E-state index in [0.29, 0.717) is 12.0 Å². The minimum absolute atomic E-state index is 0.0125. The van der Waals surface area contributed by atoms with Gasteiger partial charge in [0.2, 0.25) is 70.9 Å². The topological polar surface area (TPSA) is 577 Å². The number of nitrogens with one attached hydrogen (secondary N) is 11. The van der Waals surface area contributed by atoms with E-state index in [9.17, 15) is 92.3 Å². The number of hydrogen-bond acceptors (Lipinski definition) is 18. The molecule has 1 aromatic heterocycles. The van der Waals surface area contributed by atoms with Gasteiger partial charge in [-0.3, -0.25) is 67.1 Å². The molecular formula is C56H87N15O19. The standard InChI is InChI=1S/C56H87N15O19/c1-8-27(6)45(55(88)68-37(21-42(75)76)52(85)66-36(20-41(60)74)50(83)65-34(17-25(2)3)49(82)67-38(22-43(77)78)53(86)70-44(26(4)5)56(89)90)71-48(81)33(15-11-12-16-57)63-46(79)28(7)62-54(87)39(24-72)69-51(84)35(19-40(59)73)64-47(80)31(58)18-29-23-61-32-14-10-9-13-30(29)32/h9-10,13-14,23,25-28,31,33-39,44-45,61,72H,8,11-12,15-22,24,57-58H2,1-7H3,(H2,59,73)(H2,60,74)(H,62,87)(H,63,79)(H,64,80)(H,65,83)(H,66,85)(H,67,82)(H,68,88)(H,69,84)(H,70,86)(H,71,81)(H,75,76)(H,77,78)(H,89,90)/t27-,28-,31-,33-,34-,35-,36-,37-,38-,39-,44-,45-/m0/s1. The lowest BCUT2D eigenvalue weighted by molar-refractivity contribution is -0.145. The van der Waals surface area contributed by atoms with Gasteiger partial charge in [0.05, 0.1) is 38.3 Å². The van der Waals surface area contributed by atoms with E-state index < -0.39 is 205 Å². The highest BCUT2D eigenvalue weighted by Crippen LogP contribution is 2.19. The molecule has 0 aliphatic carbocycles. The molecule has 500 valence electrons. The van der Waals surface area contributed by atoms with Crippen LogP contribution in [0.4, 0.5) is 0 Å². The number of unbranched alkanes of at least 4 members (excludes halogenated alkanes) is 1. The summed E-state index contributed by atoms with van der Waals surface area (Å²) in [5.74, 6) is -20.1. The smallest absolute Gasteiger partial charge is 0.326 e. The van der Waals surface area contributed by atoms with Crippen molar-refractivity contribution in [1.29, 1.82) is 0 Å². The number of aliphatic hydroxyl groups excluding tert-OH is 1. The zero-order valence-electron chi connectivity index (χ0n) is 51.2. The summed E-state index contributed by atoms with van der Waals surface area (Å²) in [6.07, 6.45) is -1.88.